The standard InChI is InChI=1S/C7H11IN2O/c1-3-7-9-6(4-11)5(2)10(7)8/h11H,3-4H2,1-2H3. The second-order valence-electron chi connectivity index (χ2n) is 2.35. The van der Waals surface area contributed by atoms with Crippen LogP contribution in [0, 0.1) is 6.92 Å². The Morgan fingerprint density at radius 3 is 2.55 bits per heavy atom. The lowest BCUT2D eigenvalue weighted by Crippen LogP contribution is -1.90. The van der Waals surface area contributed by atoms with Crippen LogP contribution in [-0.4, -0.2) is 12.9 Å². The van der Waals surface area contributed by atoms with E-state index in [0.29, 0.717) is 0 Å². The van der Waals surface area contributed by atoms with Crippen molar-refractivity contribution in [3.05, 3.63) is 17.2 Å². The van der Waals surface area contributed by atoms with E-state index in [-0.39, 0.29) is 6.61 Å². The molecule has 0 saturated carbocycles. The number of hydrogen-bond donors (Lipinski definition) is 1. The van der Waals surface area contributed by atoms with E-state index in [1.165, 1.54) is 0 Å². The van der Waals surface area contributed by atoms with Crippen LogP contribution in [0.3, 0.4) is 0 Å². The molecule has 0 aliphatic carbocycles. The summed E-state index contributed by atoms with van der Waals surface area (Å²) in [7, 11) is 0. The lowest BCUT2D eigenvalue weighted by atomic mass is 10.4. The monoisotopic (exact) mass is 266 g/mol. The van der Waals surface area contributed by atoms with Gasteiger partial charge in [0, 0.05) is 6.42 Å². The molecule has 0 aromatic carbocycles. The number of aromatic nitrogens is 2. The van der Waals surface area contributed by atoms with Gasteiger partial charge < -0.3 is 5.11 Å². The molecule has 0 atom stereocenters. The fourth-order valence-electron chi connectivity index (χ4n) is 0.955. The summed E-state index contributed by atoms with van der Waals surface area (Å²) in [4.78, 5) is 4.25. The first-order valence-corrected chi connectivity index (χ1v) is 4.51. The van der Waals surface area contributed by atoms with E-state index in [9.17, 15) is 0 Å². The third-order valence-electron chi connectivity index (χ3n) is 1.67. The molecule has 0 aliphatic rings. The fraction of sp³-hybridized carbons (Fsp3) is 0.571. The molecule has 0 aliphatic heterocycles. The average molecular weight is 266 g/mol. The van der Waals surface area contributed by atoms with Gasteiger partial charge in [-0.05, 0) is 6.92 Å². The molecule has 0 spiro atoms. The SMILES string of the molecule is CCc1nc(CO)c(C)n1I. The molecule has 1 aromatic heterocycles. The molecule has 4 heteroatoms. The molecule has 0 radical (unpaired) electrons. The summed E-state index contributed by atoms with van der Waals surface area (Å²) in [5.74, 6) is 1.02. The first-order chi connectivity index (χ1) is 5.20. The van der Waals surface area contributed by atoms with E-state index in [4.69, 9.17) is 5.11 Å². The van der Waals surface area contributed by atoms with Gasteiger partial charge in [0.05, 0.1) is 40.9 Å². The number of nitrogens with zero attached hydrogens (tertiary/aromatic N) is 2. The maximum Gasteiger partial charge on any atom is 0.117 e. The van der Waals surface area contributed by atoms with Crippen LogP contribution in [0.15, 0.2) is 0 Å². The van der Waals surface area contributed by atoms with Gasteiger partial charge in [-0.25, -0.2) is 4.98 Å². The minimum atomic E-state index is 0.0365. The molecular weight excluding hydrogens is 255 g/mol. The predicted octanol–water partition coefficient (Wildman–Crippen LogP) is 1.44. The molecule has 1 heterocycles. The zero-order valence-electron chi connectivity index (χ0n) is 6.63. The maximum atomic E-state index is 8.87. The van der Waals surface area contributed by atoms with Crippen molar-refractivity contribution in [1.29, 1.82) is 0 Å². The van der Waals surface area contributed by atoms with Gasteiger partial charge in [-0.1, -0.05) is 6.92 Å². The fourth-order valence-corrected chi connectivity index (χ4v) is 1.68. The maximum absolute atomic E-state index is 8.87. The molecule has 1 N–H and O–H groups in total. The Bertz CT molecular complexity index is 233. The average Bonchev–Trinajstić information content (AvgIpc) is 2.30. The van der Waals surface area contributed by atoms with Crippen LogP contribution >= 0.6 is 22.9 Å². The zero-order chi connectivity index (χ0) is 8.43. The van der Waals surface area contributed by atoms with E-state index >= 15 is 0 Å². The Kier molecular flexibility index (Phi) is 2.89. The van der Waals surface area contributed by atoms with Gasteiger partial charge in [-0.2, -0.15) is 0 Å². The van der Waals surface area contributed by atoms with Crippen molar-refractivity contribution < 1.29 is 5.11 Å². The molecule has 1 aromatic rings. The van der Waals surface area contributed by atoms with Crippen molar-refractivity contribution in [3.8, 4) is 0 Å². The minimum Gasteiger partial charge on any atom is -0.390 e. The summed E-state index contributed by atoms with van der Waals surface area (Å²) in [5.41, 5.74) is 1.83. The molecular formula is C7H11IN2O. The molecule has 11 heavy (non-hydrogen) atoms. The largest absolute Gasteiger partial charge is 0.390 e. The first-order valence-electron chi connectivity index (χ1n) is 3.54. The number of halogens is 1. The summed E-state index contributed by atoms with van der Waals surface area (Å²) in [5, 5.41) is 8.87. The highest BCUT2D eigenvalue weighted by Gasteiger charge is 2.08. The lowest BCUT2D eigenvalue weighted by molar-refractivity contribution is 0.276. The predicted molar refractivity (Wildman–Crippen MR) is 51.7 cm³/mol. The lowest BCUT2D eigenvalue weighted by Gasteiger charge is -1.95. The number of aliphatic hydroxyl groups is 1. The van der Waals surface area contributed by atoms with Crippen LogP contribution in [0.25, 0.3) is 0 Å². The highest BCUT2D eigenvalue weighted by Crippen LogP contribution is 2.14. The molecule has 3 nitrogen and oxygen atoms in total. The minimum absolute atomic E-state index is 0.0365. The summed E-state index contributed by atoms with van der Waals surface area (Å²) in [6, 6.07) is 0. The van der Waals surface area contributed by atoms with Gasteiger partial charge in [0.1, 0.15) is 5.82 Å². The van der Waals surface area contributed by atoms with Crippen LogP contribution in [-0.2, 0) is 13.0 Å². The van der Waals surface area contributed by atoms with Crippen molar-refractivity contribution in [2.45, 2.75) is 26.9 Å². The van der Waals surface area contributed by atoms with Gasteiger partial charge in [0.15, 0.2) is 0 Å². The Hall–Kier alpha value is -0.100. The van der Waals surface area contributed by atoms with E-state index in [1.54, 1.807) is 0 Å². The molecule has 1 rings (SSSR count). The summed E-state index contributed by atoms with van der Waals surface area (Å²) < 4.78 is 1.99. The zero-order valence-corrected chi connectivity index (χ0v) is 8.79. The van der Waals surface area contributed by atoms with Gasteiger partial charge >= 0.3 is 0 Å². The van der Waals surface area contributed by atoms with Crippen LogP contribution in [0.5, 0.6) is 0 Å². The van der Waals surface area contributed by atoms with E-state index in [1.807, 2.05) is 9.70 Å². The Morgan fingerprint density at radius 1 is 1.64 bits per heavy atom. The van der Waals surface area contributed by atoms with Crippen LogP contribution < -0.4 is 0 Å². The van der Waals surface area contributed by atoms with Gasteiger partial charge in [0.2, 0.25) is 0 Å². The van der Waals surface area contributed by atoms with E-state index < -0.39 is 0 Å². The Morgan fingerprint density at radius 2 is 2.27 bits per heavy atom. The van der Waals surface area contributed by atoms with Crippen molar-refractivity contribution >= 4 is 22.9 Å². The number of aliphatic hydroxyl groups excluding tert-OH is 1. The summed E-state index contributed by atoms with van der Waals surface area (Å²) >= 11 is 2.19. The quantitative estimate of drug-likeness (QED) is 0.822. The van der Waals surface area contributed by atoms with Crippen LogP contribution in [0.1, 0.15) is 24.1 Å². The molecule has 0 saturated heterocycles. The Labute approximate surface area is 79.9 Å². The molecule has 62 valence electrons. The number of hydrogen-bond acceptors (Lipinski definition) is 2. The highest BCUT2D eigenvalue weighted by atomic mass is 127. The van der Waals surface area contributed by atoms with Crippen molar-refractivity contribution in [3.63, 3.8) is 0 Å². The first kappa shape index (κ1) is 8.99. The third kappa shape index (κ3) is 1.56. The van der Waals surface area contributed by atoms with E-state index in [2.05, 4.69) is 34.8 Å². The molecule has 0 unspecified atom stereocenters. The summed E-state index contributed by atoms with van der Waals surface area (Å²) in [6.07, 6.45) is 0.907. The third-order valence-corrected chi connectivity index (χ3v) is 2.95. The number of rotatable bonds is 2. The Balaban J connectivity index is 3.12. The highest BCUT2D eigenvalue weighted by molar-refractivity contribution is 14.1. The topological polar surface area (TPSA) is 38.1 Å². The van der Waals surface area contributed by atoms with Crippen molar-refractivity contribution in [2.75, 3.05) is 0 Å². The number of imidazole rings is 1. The van der Waals surface area contributed by atoms with Crippen molar-refractivity contribution in [1.82, 2.24) is 7.76 Å². The van der Waals surface area contributed by atoms with Gasteiger partial charge in [-0.15, -0.1) is 0 Å². The number of aryl methyl sites for hydroxylation is 1. The molecule has 0 fully saturated rings. The van der Waals surface area contributed by atoms with Gasteiger partial charge in [-0.3, -0.25) is 2.78 Å². The second-order valence-corrected chi connectivity index (χ2v) is 3.32. The van der Waals surface area contributed by atoms with Crippen LogP contribution in [0.4, 0.5) is 0 Å². The smallest absolute Gasteiger partial charge is 0.117 e. The summed E-state index contributed by atoms with van der Waals surface area (Å²) in [6.45, 7) is 4.05. The molecule has 0 bridgehead atoms. The van der Waals surface area contributed by atoms with Crippen LogP contribution in [0.2, 0.25) is 0 Å². The van der Waals surface area contributed by atoms with Crippen molar-refractivity contribution in [2.24, 2.45) is 0 Å². The van der Waals surface area contributed by atoms with Gasteiger partial charge in [0.25, 0.3) is 0 Å². The second kappa shape index (κ2) is 3.53. The molecule has 0 amide bonds. The van der Waals surface area contributed by atoms with E-state index in [0.717, 1.165) is 23.6 Å². The normalized spacial score (nSPS) is 10.5.